The monoisotopic (exact) mass is 298 g/mol. The van der Waals surface area contributed by atoms with E-state index in [1.54, 1.807) is 7.11 Å². The van der Waals surface area contributed by atoms with Gasteiger partial charge in [0.25, 0.3) is 0 Å². The van der Waals surface area contributed by atoms with Crippen LogP contribution in [-0.2, 0) is 11.3 Å². The van der Waals surface area contributed by atoms with E-state index in [4.69, 9.17) is 4.74 Å². The molecule has 112 valence electrons. The van der Waals surface area contributed by atoms with Gasteiger partial charge in [-0.2, -0.15) is 0 Å². The highest BCUT2D eigenvalue weighted by atomic mass is 32.1. The van der Waals surface area contributed by atoms with Gasteiger partial charge in [-0.15, -0.1) is 0 Å². The van der Waals surface area contributed by atoms with E-state index in [1.807, 2.05) is 0 Å². The number of rotatable bonds is 6. The van der Waals surface area contributed by atoms with Crippen molar-refractivity contribution in [2.24, 2.45) is 0 Å². The Balaban J connectivity index is 2.24. The standard InChI is InChI=1S/C14H22N2O3S/c1-3-16(10-7-5-4-6-8-10)14-15-11(9-19-2)12(20-14)13(17)18/h10H,3-9H2,1-2H3,(H,17,18). The first-order valence-electron chi connectivity index (χ1n) is 7.16. The third-order valence-corrected chi connectivity index (χ3v) is 4.89. The predicted octanol–water partition coefficient (Wildman–Crippen LogP) is 3.15. The number of aromatic nitrogens is 1. The minimum Gasteiger partial charge on any atom is -0.477 e. The fraction of sp³-hybridized carbons (Fsp3) is 0.714. The highest BCUT2D eigenvalue weighted by Gasteiger charge is 2.25. The molecule has 0 bridgehead atoms. The topological polar surface area (TPSA) is 62.7 Å². The number of methoxy groups -OCH3 is 1. The zero-order valence-electron chi connectivity index (χ0n) is 12.1. The van der Waals surface area contributed by atoms with E-state index in [-0.39, 0.29) is 6.61 Å². The first kappa shape index (κ1) is 15.3. The molecule has 1 heterocycles. The quantitative estimate of drug-likeness (QED) is 0.874. The lowest BCUT2D eigenvalue weighted by atomic mass is 9.94. The van der Waals surface area contributed by atoms with Crippen LogP contribution in [0.15, 0.2) is 0 Å². The molecule has 1 aliphatic carbocycles. The minimum atomic E-state index is -0.916. The Labute approximate surface area is 123 Å². The molecule has 6 heteroatoms. The summed E-state index contributed by atoms with van der Waals surface area (Å²) in [7, 11) is 1.56. The highest BCUT2D eigenvalue weighted by Crippen LogP contribution is 2.32. The number of carbonyl (C=O) groups is 1. The van der Waals surface area contributed by atoms with Gasteiger partial charge in [0.2, 0.25) is 0 Å². The predicted molar refractivity (Wildman–Crippen MR) is 79.7 cm³/mol. The molecule has 1 fully saturated rings. The second kappa shape index (κ2) is 7.04. The van der Waals surface area contributed by atoms with Crippen molar-refractivity contribution in [1.82, 2.24) is 4.98 Å². The number of carboxylic acids is 1. The fourth-order valence-electron chi connectivity index (χ4n) is 2.81. The molecular formula is C14H22N2O3S. The van der Waals surface area contributed by atoms with Crippen LogP contribution in [0.3, 0.4) is 0 Å². The van der Waals surface area contributed by atoms with Crippen molar-refractivity contribution in [3.05, 3.63) is 10.6 Å². The molecule has 20 heavy (non-hydrogen) atoms. The van der Waals surface area contributed by atoms with Crippen LogP contribution in [0.2, 0.25) is 0 Å². The van der Waals surface area contributed by atoms with Gasteiger partial charge in [0.15, 0.2) is 5.13 Å². The lowest BCUT2D eigenvalue weighted by Crippen LogP contribution is -2.36. The number of anilines is 1. The molecule has 5 nitrogen and oxygen atoms in total. The molecule has 1 saturated carbocycles. The van der Waals surface area contributed by atoms with Crippen molar-refractivity contribution in [1.29, 1.82) is 0 Å². The largest absolute Gasteiger partial charge is 0.477 e. The van der Waals surface area contributed by atoms with Crippen LogP contribution < -0.4 is 4.90 Å². The van der Waals surface area contributed by atoms with E-state index >= 15 is 0 Å². The number of hydrogen-bond acceptors (Lipinski definition) is 5. The Hall–Kier alpha value is -1.14. The van der Waals surface area contributed by atoms with Gasteiger partial charge in [-0.25, -0.2) is 9.78 Å². The summed E-state index contributed by atoms with van der Waals surface area (Å²) in [5.74, 6) is -0.916. The van der Waals surface area contributed by atoms with Gasteiger partial charge in [-0.05, 0) is 19.8 Å². The van der Waals surface area contributed by atoms with E-state index in [0.717, 1.165) is 11.7 Å². The summed E-state index contributed by atoms with van der Waals surface area (Å²) >= 11 is 1.27. The molecule has 0 unspecified atom stereocenters. The molecule has 0 amide bonds. The first-order chi connectivity index (χ1) is 9.67. The van der Waals surface area contributed by atoms with Crippen LogP contribution in [-0.4, -0.2) is 35.8 Å². The number of ether oxygens (including phenoxy) is 1. The number of hydrogen-bond donors (Lipinski definition) is 1. The Kier molecular flexibility index (Phi) is 5.37. The van der Waals surface area contributed by atoms with E-state index in [1.165, 1.54) is 43.4 Å². The van der Waals surface area contributed by atoms with Gasteiger partial charge < -0.3 is 14.7 Å². The average Bonchev–Trinajstić information content (AvgIpc) is 2.85. The second-order valence-corrected chi connectivity index (χ2v) is 6.07. The van der Waals surface area contributed by atoms with E-state index in [9.17, 15) is 9.90 Å². The summed E-state index contributed by atoms with van der Waals surface area (Å²) in [6, 6.07) is 0.497. The van der Waals surface area contributed by atoms with Crippen molar-refractivity contribution in [2.75, 3.05) is 18.6 Å². The maximum atomic E-state index is 11.3. The van der Waals surface area contributed by atoms with E-state index in [2.05, 4.69) is 16.8 Å². The molecule has 1 N–H and O–H groups in total. The number of carboxylic acid groups (broad SMARTS) is 1. The van der Waals surface area contributed by atoms with Gasteiger partial charge in [0.05, 0.1) is 12.3 Å². The third kappa shape index (κ3) is 3.30. The van der Waals surface area contributed by atoms with Crippen molar-refractivity contribution < 1.29 is 14.6 Å². The molecule has 2 rings (SSSR count). The zero-order valence-corrected chi connectivity index (χ0v) is 12.9. The van der Waals surface area contributed by atoms with Gasteiger partial charge in [-0.3, -0.25) is 0 Å². The van der Waals surface area contributed by atoms with Crippen molar-refractivity contribution in [3.8, 4) is 0 Å². The number of thiazole rings is 1. The maximum absolute atomic E-state index is 11.3. The average molecular weight is 298 g/mol. The van der Waals surface area contributed by atoms with E-state index in [0.29, 0.717) is 16.6 Å². The van der Waals surface area contributed by atoms with Crippen molar-refractivity contribution >= 4 is 22.4 Å². The number of nitrogens with zero attached hydrogens (tertiary/aromatic N) is 2. The Morgan fingerprint density at radius 2 is 2.15 bits per heavy atom. The van der Waals surface area contributed by atoms with Crippen LogP contribution in [0.5, 0.6) is 0 Å². The highest BCUT2D eigenvalue weighted by molar-refractivity contribution is 7.17. The molecule has 0 aliphatic heterocycles. The van der Waals surface area contributed by atoms with Gasteiger partial charge in [-0.1, -0.05) is 30.6 Å². The first-order valence-corrected chi connectivity index (χ1v) is 7.97. The van der Waals surface area contributed by atoms with Gasteiger partial charge in [0.1, 0.15) is 4.88 Å². The molecule has 0 saturated heterocycles. The van der Waals surface area contributed by atoms with Crippen LogP contribution >= 0.6 is 11.3 Å². The smallest absolute Gasteiger partial charge is 0.347 e. The molecule has 0 spiro atoms. The molecule has 0 radical (unpaired) electrons. The maximum Gasteiger partial charge on any atom is 0.347 e. The van der Waals surface area contributed by atoms with Gasteiger partial charge in [0, 0.05) is 19.7 Å². The normalized spacial score (nSPS) is 16.3. The molecular weight excluding hydrogens is 276 g/mol. The molecule has 1 aromatic rings. The second-order valence-electron chi connectivity index (χ2n) is 5.09. The Morgan fingerprint density at radius 3 is 2.70 bits per heavy atom. The molecule has 0 aromatic carbocycles. The van der Waals surface area contributed by atoms with E-state index < -0.39 is 5.97 Å². The summed E-state index contributed by atoms with van der Waals surface area (Å²) in [6.07, 6.45) is 6.17. The van der Waals surface area contributed by atoms with Crippen molar-refractivity contribution in [2.45, 2.75) is 51.7 Å². The van der Waals surface area contributed by atoms with Crippen LogP contribution in [0.4, 0.5) is 5.13 Å². The third-order valence-electron chi connectivity index (χ3n) is 3.76. The summed E-state index contributed by atoms with van der Waals surface area (Å²) in [5, 5.41) is 10.1. The SMILES string of the molecule is CCN(c1nc(COC)c(C(=O)O)s1)C1CCCCC1. The summed E-state index contributed by atoms with van der Waals surface area (Å²) in [4.78, 5) is 18.4. The summed E-state index contributed by atoms with van der Waals surface area (Å²) in [5.41, 5.74) is 0.536. The molecule has 1 aliphatic rings. The molecule has 0 atom stereocenters. The van der Waals surface area contributed by atoms with Crippen molar-refractivity contribution in [3.63, 3.8) is 0 Å². The molecule has 1 aromatic heterocycles. The van der Waals surface area contributed by atoms with Gasteiger partial charge >= 0.3 is 5.97 Å². The minimum absolute atomic E-state index is 0.250. The van der Waals surface area contributed by atoms with Crippen LogP contribution in [0.1, 0.15) is 54.4 Å². The summed E-state index contributed by atoms with van der Waals surface area (Å²) in [6.45, 7) is 3.22. The zero-order chi connectivity index (χ0) is 14.5. The fourth-order valence-corrected chi connectivity index (χ4v) is 3.85. The summed E-state index contributed by atoms with van der Waals surface area (Å²) < 4.78 is 5.05. The van der Waals surface area contributed by atoms with Crippen LogP contribution in [0.25, 0.3) is 0 Å². The lowest BCUT2D eigenvalue weighted by Gasteiger charge is -2.33. The Bertz CT molecular complexity index is 455. The lowest BCUT2D eigenvalue weighted by molar-refractivity contribution is 0.0697. The number of aromatic carboxylic acids is 1. The van der Waals surface area contributed by atoms with Crippen LogP contribution in [0, 0.1) is 0 Å². The Morgan fingerprint density at radius 1 is 1.45 bits per heavy atom.